The Bertz CT molecular complexity index is 1550. The van der Waals surface area contributed by atoms with Crippen LogP contribution in [0, 0.1) is 12.3 Å². The van der Waals surface area contributed by atoms with Crippen LogP contribution in [-0.4, -0.2) is 31.6 Å². The van der Waals surface area contributed by atoms with E-state index in [-0.39, 0.29) is 5.91 Å². The average molecular weight is 513 g/mol. The number of thiazole rings is 1. The van der Waals surface area contributed by atoms with Crippen molar-refractivity contribution in [3.8, 4) is 11.3 Å². The van der Waals surface area contributed by atoms with Gasteiger partial charge in [-0.25, -0.2) is 9.97 Å². The van der Waals surface area contributed by atoms with Gasteiger partial charge in [-0.15, -0.1) is 11.3 Å². The summed E-state index contributed by atoms with van der Waals surface area (Å²) in [4.78, 5) is 35.5. The van der Waals surface area contributed by atoms with Crippen molar-refractivity contribution in [1.29, 1.82) is 0 Å². The lowest BCUT2D eigenvalue weighted by Crippen LogP contribution is -2.37. The third-order valence-electron chi connectivity index (χ3n) is 6.92. The van der Waals surface area contributed by atoms with Gasteiger partial charge in [-0.05, 0) is 43.9 Å². The number of primary amides is 1. The number of hydrogen-bond acceptors (Lipinski definition) is 6. The first-order valence-electron chi connectivity index (χ1n) is 12.1. The molecular formula is C28H28N6O2S. The summed E-state index contributed by atoms with van der Waals surface area (Å²) in [7, 11) is 1.87. The molecule has 3 heterocycles. The zero-order valence-corrected chi connectivity index (χ0v) is 21.6. The molecule has 0 spiro atoms. The highest BCUT2D eigenvalue weighted by molar-refractivity contribution is 7.09. The van der Waals surface area contributed by atoms with Crippen LogP contribution >= 0.6 is 11.3 Å². The van der Waals surface area contributed by atoms with E-state index in [0.29, 0.717) is 31.4 Å². The van der Waals surface area contributed by atoms with Crippen LogP contribution in [0.2, 0.25) is 0 Å². The monoisotopic (exact) mass is 512 g/mol. The largest absolute Gasteiger partial charge is 0.369 e. The van der Waals surface area contributed by atoms with Crippen molar-refractivity contribution < 1.29 is 9.59 Å². The Morgan fingerprint density at radius 3 is 2.78 bits per heavy atom. The van der Waals surface area contributed by atoms with Gasteiger partial charge in [0.15, 0.2) is 0 Å². The lowest BCUT2D eigenvalue weighted by Gasteiger charge is -2.29. The van der Waals surface area contributed by atoms with E-state index in [1.807, 2.05) is 44.4 Å². The molecule has 37 heavy (non-hydrogen) atoms. The number of allylic oxidation sites excluding steroid dienone is 1. The first kappa shape index (κ1) is 24.6. The molecule has 4 aromatic rings. The smallest absolute Gasteiger partial charge is 0.251 e. The average Bonchev–Trinajstić information content (AvgIpc) is 3.53. The summed E-state index contributed by atoms with van der Waals surface area (Å²) in [5, 5.41) is 8.23. The number of carbonyl (C=O) groups excluding carboxylic acids is 2. The van der Waals surface area contributed by atoms with Crippen LogP contribution in [0.1, 0.15) is 29.0 Å². The number of nitrogens with one attached hydrogen (secondary N) is 1. The van der Waals surface area contributed by atoms with Gasteiger partial charge < -0.3 is 11.1 Å². The van der Waals surface area contributed by atoms with Crippen molar-refractivity contribution in [1.82, 2.24) is 25.1 Å². The van der Waals surface area contributed by atoms with Crippen molar-refractivity contribution in [3.05, 3.63) is 88.2 Å². The van der Waals surface area contributed by atoms with Gasteiger partial charge in [-0.1, -0.05) is 36.4 Å². The number of carbonyl (C=O) groups is 2. The first-order chi connectivity index (χ1) is 17.8. The zero-order valence-electron chi connectivity index (χ0n) is 20.8. The van der Waals surface area contributed by atoms with Crippen molar-refractivity contribution in [2.24, 2.45) is 18.2 Å². The van der Waals surface area contributed by atoms with E-state index >= 15 is 0 Å². The third-order valence-corrected chi connectivity index (χ3v) is 7.72. The Morgan fingerprint density at radius 2 is 2.11 bits per heavy atom. The molecule has 1 aliphatic rings. The van der Waals surface area contributed by atoms with E-state index in [1.165, 1.54) is 0 Å². The summed E-state index contributed by atoms with van der Waals surface area (Å²) in [6.45, 7) is 2.35. The van der Waals surface area contributed by atoms with E-state index in [0.717, 1.165) is 38.3 Å². The van der Waals surface area contributed by atoms with Crippen molar-refractivity contribution in [2.45, 2.75) is 32.7 Å². The van der Waals surface area contributed by atoms with Gasteiger partial charge in [0.05, 0.1) is 40.6 Å². The van der Waals surface area contributed by atoms with Crippen LogP contribution in [0.15, 0.2) is 72.0 Å². The number of rotatable bonds is 8. The summed E-state index contributed by atoms with van der Waals surface area (Å²) in [6.07, 6.45) is 10.6. The number of aromatic nitrogens is 4. The van der Waals surface area contributed by atoms with E-state index in [4.69, 9.17) is 10.7 Å². The fourth-order valence-corrected chi connectivity index (χ4v) is 5.21. The first-order valence-corrected chi connectivity index (χ1v) is 13.0. The molecule has 0 bridgehead atoms. The minimum atomic E-state index is -0.867. The molecule has 3 aromatic heterocycles. The topological polar surface area (TPSA) is 116 Å². The molecule has 188 valence electrons. The Morgan fingerprint density at radius 1 is 1.27 bits per heavy atom. The van der Waals surface area contributed by atoms with E-state index in [2.05, 4.69) is 21.5 Å². The Kier molecular flexibility index (Phi) is 6.71. The highest BCUT2D eigenvalue weighted by atomic mass is 32.1. The van der Waals surface area contributed by atoms with Crippen molar-refractivity contribution >= 4 is 34.1 Å². The number of para-hydroxylation sites is 1. The van der Waals surface area contributed by atoms with Gasteiger partial charge >= 0.3 is 0 Å². The summed E-state index contributed by atoms with van der Waals surface area (Å²) < 4.78 is 1.75. The molecule has 0 fully saturated rings. The quantitative estimate of drug-likeness (QED) is 0.370. The van der Waals surface area contributed by atoms with Crippen molar-refractivity contribution in [3.63, 3.8) is 0 Å². The molecule has 1 aromatic carbocycles. The third kappa shape index (κ3) is 5.08. The zero-order chi connectivity index (χ0) is 26.0. The second-order valence-corrected chi connectivity index (χ2v) is 10.4. The highest BCUT2D eigenvalue weighted by Crippen LogP contribution is 2.36. The van der Waals surface area contributed by atoms with Gasteiger partial charge in [-0.2, -0.15) is 5.10 Å². The fraction of sp³-hybridized carbons (Fsp3) is 0.250. The molecule has 2 amide bonds. The van der Waals surface area contributed by atoms with Crippen LogP contribution in [0.4, 0.5) is 0 Å². The summed E-state index contributed by atoms with van der Waals surface area (Å²) in [5.74, 6) is -0.591. The van der Waals surface area contributed by atoms with Gasteiger partial charge in [0.2, 0.25) is 5.91 Å². The molecule has 0 radical (unpaired) electrons. The standard InChI is InChI=1S/C28H28N6O2S/c1-18-25(31-17-37-18)15-30-26(35)19-7-10-28(11-8-19,27(29)36)12-9-20-13-24(21-14-32-34(2)16-21)33-23-6-4-3-5-22(20)23/h3-8,10,13-14,16-17H,9,11-12,15H2,1-2H3,(H2,29,36)(H,30,35). The number of benzene rings is 1. The number of aryl methyl sites for hydroxylation is 3. The van der Waals surface area contributed by atoms with E-state index in [9.17, 15) is 9.59 Å². The van der Waals surface area contributed by atoms with Crippen LogP contribution in [0.25, 0.3) is 22.2 Å². The molecule has 0 saturated heterocycles. The second-order valence-electron chi connectivity index (χ2n) is 9.34. The number of nitrogens with two attached hydrogens (primary N) is 1. The van der Waals surface area contributed by atoms with Gasteiger partial charge in [0.1, 0.15) is 0 Å². The minimum Gasteiger partial charge on any atom is -0.369 e. The highest BCUT2D eigenvalue weighted by Gasteiger charge is 2.35. The molecule has 1 atom stereocenters. The maximum absolute atomic E-state index is 12.7. The predicted molar refractivity (Wildman–Crippen MR) is 144 cm³/mol. The van der Waals surface area contributed by atoms with Crippen LogP contribution in [0.3, 0.4) is 0 Å². The molecule has 3 N–H and O–H groups in total. The fourth-order valence-electron chi connectivity index (χ4n) is 4.61. The number of hydrogen-bond donors (Lipinski definition) is 2. The molecule has 1 aliphatic carbocycles. The lowest BCUT2D eigenvalue weighted by molar-refractivity contribution is -0.125. The van der Waals surface area contributed by atoms with E-state index in [1.54, 1.807) is 46.0 Å². The maximum Gasteiger partial charge on any atom is 0.251 e. The van der Waals surface area contributed by atoms with Crippen molar-refractivity contribution in [2.75, 3.05) is 0 Å². The lowest BCUT2D eigenvalue weighted by atomic mass is 9.75. The Hall–Kier alpha value is -4.11. The maximum atomic E-state index is 12.7. The molecule has 0 aliphatic heterocycles. The van der Waals surface area contributed by atoms with Crippen LogP contribution in [-0.2, 0) is 29.6 Å². The Balaban J connectivity index is 1.34. The summed E-state index contributed by atoms with van der Waals surface area (Å²) in [6, 6.07) is 10.1. The minimum absolute atomic E-state index is 0.192. The molecule has 5 rings (SSSR count). The molecule has 0 saturated carbocycles. The molecule has 1 unspecified atom stereocenters. The summed E-state index contributed by atoms with van der Waals surface area (Å²) in [5.41, 5.74) is 11.9. The second kappa shape index (κ2) is 10.1. The van der Waals surface area contributed by atoms with Crippen LogP contribution in [0.5, 0.6) is 0 Å². The Labute approximate surface area is 218 Å². The number of fused-ring (bicyclic) bond motifs is 1. The normalized spacial score (nSPS) is 17.1. The van der Waals surface area contributed by atoms with Crippen LogP contribution < -0.4 is 11.1 Å². The summed E-state index contributed by atoms with van der Waals surface area (Å²) >= 11 is 1.55. The van der Waals surface area contributed by atoms with Gasteiger partial charge in [0, 0.05) is 34.6 Å². The van der Waals surface area contributed by atoms with Gasteiger partial charge in [0.25, 0.3) is 5.91 Å². The van der Waals surface area contributed by atoms with Gasteiger partial charge in [-0.3, -0.25) is 14.3 Å². The molecular weight excluding hydrogens is 484 g/mol. The number of amides is 2. The number of pyridine rings is 1. The van der Waals surface area contributed by atoms with E-state index < -0.39 is 11.3 Å². The predicted octanol–water partition coefficient (Wildman–Crippen LogP) is 4.01. The molecule has 9 heteroatoms. The molecule has 8 nitrogen and oxygen atoms in total. The number of nitrogens with zero attached hydrogens (tertiary/aromatic N) is 4. The SMILES string of the molecule is Cc1scnc1CNC(=O)C1=CCC(CCc2cc(-c3cnn(C)c3)nc3ccccc23)(C(N)=O)C=C1.